The molecule has 0 spiro atoms. The number of hydrogen-bond acceptors (Lipinski definition) is 12. The van der Waals surface area contributed by atoms with E-state index in [4.69, 9.17) is 37.9 Å². The van der Waals surface area contributed by atoms with E-state index in [1.54, 1.807) is 13.8 Å². The molecule has 14 rings (SSSR count). The predicted octanol–water partition coefficient (Wildman–Crippen LogP) is 18.9. The summed E-state index contributed by atoms with van der Waals surface area (Å²) >= 11 is 0. The second kappa shape index (κ2) is 36.6. The Morgan fingerprint density at radius 1 is 0.392 bits per heavy atom. The monoisotopic (exact) mass is 1440 g/mol. The highest BCUT2D eigenvalue weighted by atomic mass is 32.2. The molecular formula is C84H102F4O12S2+2. The Morgan fingerprint density at radius 2 is 0.647 bits per heavy atom. The van der Waals surface area contributed by atoms with E-state index in [9.17, 15) is 36.7 Å². The summed E-state index contributed by atoms with van der Waals surface area (Å²) < 4.78 is 96.6. The van der Waals surface area contributed by atoms with Crippen molar-refractivity contribution in [2.45, 2.75) is 185 Å². The molecule has 8 saturated carbocycles. The van der Waals surface area contributed by atoms with Crippen molar-refractivity contribution in [1.82, 2.24) is 0 Å². The maximum absolute atomic E-state index is 13.3. The van der Waals surface area contributed by atoms with Gasteiger partial charge in [0.05, 0.1) is 61.4 Å². The Balaban J connectivity index is 0.000000163. The van der Waals surface area contributed by atoms with Gasteiger partial charge in [0.1, 0.15) is 6.61 Å². The highest BCUT2D eigenvalue weighted by Crippen LogP contribution is 2.67. The second-order valence-electron chi connectivity index (χ2n) is 29.4. The highest BCUT2D eigenvalue weighted by molar-refractivity contribution is 7.97. The van der Waals surface area contributed by atoms with Crippen LogP contribution in [0.25, 0.3) is 0 Å². The van der Waals surface area contributed by atoms with Gasteiger partial charge in [-0.05, 0) is 225 Å². The number of alkyl halides is 4. The van der Waals surface area contributed by atoms with Crippen LogP contribution in [0.5, 0.6) is 0 Å². The van der Waals surface area contributed by atoms with Gasteiger partial charge in [0.2, 0.25) is 0 Å². The molecule has 0 amide bonds. The fourth-order valence-electron chi connectivity index (χ4n) is 16.7. The molecule has 6 unspecified atom stereocenters. The number of hydrogen-bond donors (Lipinski definition) is 0. The molecule has 8 aliphatic rings. The van der Waals surface area contributed by atoms with E-state index in [0.29, 0.717) is 81.5 Å². The minimum absolute atomic E-state index is 0.000404. The predicted molar refractivity (Wildman–Crippen MR) is 389 cm³/mol. The fourth-order valence-corrected chi connectivity index (χ4v) is 20.9. The molecule has 6 aromatic carbocycles. The van der Waals surface area contributed by atoms with E-state index >= 15 is 0 Å². The van der Waals surface area contributed by atoms with Crippen LogP contribution in [-0.2, 0) is 78.9 Å². The van der Waals surface area contributed by atoms with Crippen LogP contribution in [0.2, 0.25) is 0 Å². The summed E-state index contributed by atoms with van der Waals surface area (Å²) in [6.45, 7) is 17.5. The normalized spacial score (nSPS) is 24.0. The van der Waals surface area contributed by atoms with Crippen LogP contribution in [0.4, 0.5) is 17.6 Å². The van der Waals surface area contributed by atoms with Gasteiger partial charge in [-0.25, -0.2) is 19.2 Å². The maximum atomic E-state index is 13.3. The lowest BCUT2D eigenvalue weighted by Gasteiger charge is -2.62. The van der Waals surface area contributed by atoms with Crippen molar-refractivity contribution < 1.29 is 74.6 Å². The lowest BCUT2D eigenvalue weighted by molar-refractivity contribution is -0.207. The van der Waals surface area contributed by atoms with Crippen molar-refractivity contribution in [1.29, 1.82) is 0 Å². The molecule has 0 N–H and O–H groups in total. The largest absolute Gasteiger partial charge is 0.462 e. The van der Waals surface area contributed by atoms with Gasteiger partial charge < -0.3 is 37.9 Å². The summed E-state index contributed by atoms with van der Waals surface area (Å²) in [4.78, 5) is 54.1. The van der Waals surface area contributed by atoms with Crippen LogP contribution in [0.15, 0.2) is 236 Å². The molecular weight excluding hydrogens is 1340 g/mol. The first-order valence-electron chi connectivity index (χ1n) is 35.7. The van der Waals surface area contributed by atoms with Crippen molar-refractivity contribution in [3.8, 4) is 0 Å². The summed E-state index contributed by atoms with van der Waals surface area (Å²) in [5, 5.41) is 0. The van der Waals surface area contributed by atoms with E-state index < -0.39 is 36.0 Å². The summed E-state index contributed by atoms with van der Waals surface area (Å²) in [5.74, 6) is -8.51. The van der Waals surface area contributed by atoms with Gasteiger partial charge in [0, 0.05) is 42.4 Å². The van der Waals surface area contributed by atoms with E-state index in [0.717, 1.165) is 77.0 Å². The van der Waals surface area contributed by atoms with Crippen molar-refractivity contribution in [3.05, 3.63) is 206 Å². The Bertz CT molecular complexity index is 3300. The molecule has 8 bridgehead atoms. The summed E-state index contributed by atoms with van der Waals surface area (Å²) in [5.41, 5.74) is 0.263. The van der Waals surface area contributed by atoms with Crippen LogP contribution in [-0.4, -0.2) is 101 Å². The number of benzene rings is 6. The first-order valence-corrected chi connectivity index (χ1v) is 38.2. The molecule has 0 aliphatic heterocycles. The molecule has 0 heterocycles. The van der Waals surface area contributed by atoms with E-state index in [1.807, 2.05) is 13.8 Å². The van der Waals surface area contributed by atoms with Gasteiger partial charge in [0.15, 0.2) is 42.0 Å². The average Bonchev–Trinajstić information content (AvgIpc) is 0.732. The third kappa shape index (κ3) is 23.0. The molecule has 8 aliphatic carbocycles. The Morgan fingerprint density at radius 3 is 0.922 bits per heavy atom. The highest BCUT2D eigenvalue weighted by Gasteiger charge is 2.60. The lowest BCUT2D eigenvalue weighted by Crippen LogP contribution is -2.55. The summed E-state index contributed by atoms with van der Waals surface area (Å²) in [6.07, 6.45) is 12.6. The van der Waals surface area contributed by atoms with Gasteiger partial charge in [-0.15, -0.1) is 0 Å². The molecule has 12 nitrogen and oxygen atoms in total. The Hall–Kier alpha value is -7.06. The number of carbonyl (C=O) groups excluding carboxylic acids is 4. The molecule has 6 atom stereocenters. The van der Waals surface area contributed by atoms with Crippen LogP contribution >= 0.6 is 0 Å². The smallest absolute Gasteiger partial charge is 0.376 e. The Kier molecular flexibility index (Phi) is 28.4. The SMILES string of the molecule is C=C(C)C(=O)OCCCCOC(C)OCC12CC3CC(CC(COC(=O)C(C)(F)F)(C3)C1)C2.C=C(C)C(=O)OCCOC(C)OCC12CC3CC(CC(COC(=O)C(C)(F)F)(C3)C1)C2.c1ccc([S+](c2ccccc2)c2ccccc2)cc1.c1ccc([S+](c2ccccc2)c2ccccc2)cc1. The number of ether oxygens (including phenoxy) is 8. The van der Waals surface area contributed by atoms with E-state index in [1.165, 1.54) is 35.8 Å². The Labute approximate surface area is 606 Å². The lowest BCUT2D eigenvalue weighted by atomic mass is 9.44. The minimum atomic E-state index is -3.46. The molecule has 18 heteroatoms. The number of rotatable bonds is 30. The molecule has 102 heavy (non-hydrogen) atoms. The quantitative estimate of drug-likeness (QED) is 0.00806. The molecule has 548 valence electrons. The summed E-state index contributed by atoms with van der Waals surface area (Å²) in [7, 11) is -0.0293. The van der Waals surface area contributed by atoms with Gasteiger partial charge >= 0.3 is 35.7 Å². The van der Waals surface area contributed by atoms with Crippen LogP contribution in [0.3, 0.4) is 0 Å². The molecule has 0 saturated heterocycles. The first-order chi connectivity index (χ1) is 48.7. The van der Waals surface area contributed by atoms with Crippen molar-refractivity contribution in [2.75, 3.05) is 52.9 Å². The third-order valence-corrected chi connectivity index (χ3v) is 24.4. The number of unbranched alkanes of at least 4 members (excludes halogenated alkanes) is 1. The van der Waals surface area contributed by atoms with Crippen molar-refractivity contribution in [3.63, 3.8) is 0 Å². The zero-order valence-electron chi connectivity index (χ0n) is 60.0. The fraction of sp³-hybridized carbons (Fsp3) is 0.476. The molecule has 0 aromatic heterocycles. The van der Waals surface area contributed by atoms with Gasteiger partial charge in [0.25, 0.3) is 0 Å². The van der Waals surface area contributed by atoms with Gasteiger partial charge in [-0.3, -0.25) is 0 Å². The number of carbonyl (C=O) groups is 4. The standard InChI is InChI=1S/C25H38F2O6.C23H34F2O6.2C18H15S/c1-17(2)21(28)31-8-6-5-7-30-18(3)32-15-24-10-19-9-20(11-24)13-25(12-19,14-24)16-33-22(29)23(4,26)27;1-15(2)19(26)29-6-5-28-16(3)30-13-22-8-17-7-18(9-22)11-23(10-17,12-22)14-31-20(27)21(4,24)25;2*1-4-10-16(11-5-1)19(17-12-6-2-7-13-17)18-14-8-3-9-15-18/h18-20H,1,5-16H2,2-4H3;16-18H,1,5-14H2,2-4H3;2*1-15H/q;;2*+1. The second-order valence-corrected chi connectivity index (χ2v) is 33.4. The topological polar surface area (TPSA) is 142 Å². The molecule has 8 fully saturated rings. The van der Waals surface area contributed by atoms with Crippen molar-refractivity contribution in [2.24, 2.45) is 45.3 Å². The van der Waals surface area contributed by atoms with Crippen LogP contribution < -0.4 is 0 Å². The maximum Gasteiger partial charge on any atom is 0.376 e. The summed E-state index contributed by atoms with van der Waals surface area (Å²) in [6, 6.07) is 64.3. The molecule has 6 aromatic rings. The van der Waals surface area contributed by atoms with Crippen LogP contribution in [0, 0.1) is 45.3 Å². The number of halogens is 4. The first kappa shape index (κ1) is 79.1. The molecule has 0 radical (unpaired) electrons. The third-order valence-electron chi connectivity index (χ3n) is 20.0. The minimum Gasteiger partial charge on any atom is -0.462 e. The zero-order valence-corrected chi connectivity index (χ0v) is 61.6. The van der Waals surface area contributed by atoms with E-state index in [2.05, 4.69) is 195 Å². The van der Waals surface area contributed by atoms with Gasteiger partial charge in [-0.1, -0.05) is 122 Å². The number of esters is 4. The van der Waals surface area contributed by atoms with Crippen LogP contribution in [0.1, 0.15) is 131 Å². The van der Waals surface area contributed by atoms with E-state index in [-0.39, 0.29) is 82.1 Å². The zero-order chi connectivity index (χ0) is 73.0. The average molecular weight is 1440 g/mol. The van der Waals surface area contributed by atoms with Crippen molar-refractivity contribution >= 4 is 45.7 Å². The van der Waals surface area contributed by atoms with Gasteiger partial charge in [-0.2, -0.15) is 17.6 Å².